The lowest BCUT2D eigenvalue weighted by Gasteiger charge is -2.14. The third-order valence-electron chi connectivity index (χ3n) is 2.89. The Morgan fingerprint density at radius 2 is 2.24 bits per heavy atom. The van der Waals surface area contributed by atoms with Crippen molar-refractivity contribution in [3.05, 3.63) is 46.5 Å². The number of hydrogen-bond acceptors (Lipinski definition) is 4. The van der Waals surface area contributed by atoms with Crippen molar-refractivity contribution in [2.45, 2.75) is 24.5 Å². The second-order valence-corrected chi connectivity index (χ2v) is 6.53. The number of aliphatic hydroxyl groups is 1. The predicted octanol–water partition coefficient (Wildman–Crippen LogP) is 1.73. The Labute approximate surface area is 126 Å². The Balaban J connectivity index is 2.38. The van der Waals surface area contributed by atoms with Gasteiger partial charge in [-0.2, -0.15) is 5.10 Å². The van der Waals surface area contributed by atoms with Gasteiger partial charge >= 0.3 is 0 Å². The molecule has 1 atom stereocenters. The highest BCUT2D eigenvalue weighted by Gasteiger charge is 2.24. The zero-order valence-corrected chi connectivity index (χ0v) is 12.5. The number of sulfonamides is 1. The topological polar surface area (TPSA) is 95.1 Å². The number of rotatable bonds is 5. The Morgan fingerprint density at radius 3 is 2.81 bits per heavy atom. The molecule has 0 saturated carbocycles. The first-order valence-electron chi connectivity index (χ1n) is 5.95. The monoisotopic (exact) mass is 333 g/mol. The Hall–Kier alpha value is -1.48. The molecule has 6 nitrogen and oxygen atoms in total. The van der Waals surface area contributed by atoms with Gasteiger partial charge in [-0.05, 0) is 19.1 Å². The van der Waals surface area contributed by atoms with E-state index in [0.29, 0.717) is 5.56 Å². The summed E-state index contributed by atoms with van der Waals surface area (Å²) in [7, 11) is -4.13. The summed E-state index contributed by atoms with van der Waals surface area (Å²) in [6.45, 7) is 0.948. The number of nitrogens with one attached hydrogen (secondary N) is 2. The van der Waals surface area contributed by atoms with Gasteiger partial charge in [0.2, 0.25) is 10.0 Å². The minimum atomic E-state index is -4.13. The first-order chi connectivity index (χ1) is 9.85. The van der Waals surface area contributed by atoms with E-state index in [1.807, 2.05) is 0 Å². The van der Waals surface area contributed by atoms with E-state index in [4.69, 9.17) is 16.7 Å². The van der Waals surface area contributed by atoms with E-state index in [0.717, 1.165) is 6.07 Å². The molecule has 1 unspecified atom stereocenters. The van der Waals surface area contributed by atoms with Crippen LogP contribution in [0.15, 0.2) is 29.4 Å². The van der Waals surface area contributed by atoms with Gasteiger partial charge < -0.3 is 5.11 Å². The van der Waals surface area contributed by atoms with Crippen LogP contribution in [0.2, 0.25) is 5.02 Å². The molecule has 114 valence electrons. The molecular formula is C12H13ClFN3O3S. The average Bonchev–Trinajstić information content (AvgIpc) is 2.94. The summed E-state index contributed by atoms with van der Waals surface area (Å²) in [5.41, 5.74) is 0.419. The van der Waals surface area contributed by atoms with Crippen molar-refractivity contribution in [1.82, 2.24) is 14.9 Å². The molecule has 0 aliphatic rings. The fourth-order valence-electron chi connectivity index (χ4n) is 1.79. The van der Waals surface area contributed by atoms with Crippen LogP contribution in [0, 0.1) is 5.82 Å². The van der Waals surface area contributed by atoms with Gasteiger partial charge in [-0.25, -0.2) is 17.5 Å². The van der Waals surface area contributed by atoms with Crippen molar-refractivity contribution >= 4 is 21.6 Å². The molecule has 1 aromatic heterocycles. The van der Waals surface area contributed by atoms with Crippen LogP contribution >= 0.6 is 11.6 Å². The summed E-state index contributed by atoms with van der Waals surface area (Å²) < 4.78 is 40.9. The number of H-pyrrole nitrogens is 1. The summed E-state index contributed by atoms with van der Waals surface area (Å²) in [5.74, 6) is -1.02. The fraction of sp³-hybridized carbons (Fsp3) is 0.250. The number of aliphatic hydroxyl groups excluding tert-OH is 1. The van der Waals surface area contributed by atoms with E-state index in [9.17, 15) is 12.8 Å². The molecule has 0 aliphatic carbocycles. The van der Waals surface area contributed by atoms with Crippen molar-refractivity contribution in [2.24, 2.45) is 0 Å². The zero-order valence-electron chi connectivity index (χ0n) is 11.0. The second-order valence-electron chi connectivity index (χ2n) is 4.41. The number of aromatic nitrogens is 2. The van der Waals surface area contributed by atoms with E-state index in [1.54, 1.807) is 6.92 Å². The highest BCUT2D eigenvalue weighted by Crippen LogP contribution is 2.25. The van der Waals surface area contributed by atoms with Crippen molar-refractivity contribution in [2.75, 3.05) is 0 Å². The van der Waals surface area contributed by atoms with Gasteiger partial charge in [-0.3, -0.25) is 5.10 Å². The zero-order chi connectivity index (χ0) is 15.6. The van der Waals surface area contributed by atoms with Crippen molar-refractivity contribution in [3.8, 4) is 0 Å². The fourth-order valence-corrected chi connectivity index (χ4v) is 3.47. The van der Waals surface area contributed by atoms with Gasteiger partial charge in [0.1, 0.15) is 10.7 Å². The van der Waals surface area contributed by atoms with Gasteiger partial charge in [-0.15, -0.1) is 0 Å². The van der Waals surface area contributed by atoms with Crippen molar-refractivity contribution in [3.63, 3.8) is 0 Å². The first-order valence-corrected chi connectivity index (χ1v) is 7.81. The maximum Gasteiger partial charge on any atom is 0.244 e. The van der Waals surface area contributed by atoms with Crippen LogP contribution in [0.1, 0.15) is 24.1 Å². The summed E-state index contributed by atoms with van der Waals surface area (Å²) >= 11 is 5.76. The molecule has 1 heterocycles. The molecule has 0 amide bonds. The molecule has 0 bridgehead atoms. The number of hydrogen-bond donors (Lipinski definition) is 3. The van der Waals surface area contributed by atoms with E-state index in [-0.39, 0.29) is 10.6 Å². The van der Waals surface area contributed by atoms with Crippen molar-refractivity contribution < 1.29 is 17.9 Å². The van der Waals surface area contributed by atoms with Gasteiger partial charge in [0.05, 0.1) is 12.8 Å². The molecule has 1 aromatic carbocycles. The van der Waals surface area contributed by atoms with Crippen LogP contribution in [-0.2, 0) is 16.6 Å². The highest BCUT2D eigenvalue weighted by atomic mass is 35.5. The van der Waals surface area contributed by atoms with Crippen LogP contribution in [0.5, 0.6) is 0 Å². The number of benzene rings is 1. The number of halogens is 2. The predicted molar refractivity (Wildman–Crippen MR) is 74.7 cm³/mol. The van der Waals surface area contributed by atoms with E-state index in [2.05, 4.69) is 14.9 Å². The van der Waals surface area contributed by atoms with Crippen molar-refractivity contribution in [1.29, 1.82) is 0 Å². The van der Waals surface area contributed by atoms with Gasteiger partial charge in [0, 0.05) is 28.4 Å². The Kier molecular flexibility index (Phi) is 4.62. The minimum absolute atomic E-state index is 0.0248. The molecule has 0 fully saturated rings. The highest BCUT2D eigenvalue weighted by molar-refractivity contribution is 7.89. The maximum absolute atomic E-state index is 14.1. The summed E-state index contributed by atoms with van der Waals surface area (Å²) in [6, 6.07) is 1.57. The molecule has 0 saturated heterocycles. The largest absolute Gasteiger partial charge is 0.392 e. The molecule has 21 heavy (non-hydrogen) atoms. The van der Waals surface area contributed by atoms with E-state index >= 15 is 0 Å². The molecule has 2 aromatic rings. The van der Waals surface area contributed by atoms with Crippen LogP contribution in [0.25, 0.3) is 0 Å². The molecule has 0 aliphatic heterocycles. The van der Waals surface area contributed by atoms with Crippen LogP contribution in [0.3, 0.4) is 0 Å². The van der Waals surface area contributed by atoms with Crippen LogP contribution < -0.4 is 4.72 Å². The summed E-state index contributed by atoms with van der Waals surface area (Å²) in [5, 5.41) is 15.3. The van der Waals surface area contributed by atoms with Gasteiger partial charge in [0.15, 0.2) is 0 Å². The third-order valence-corrected chi connectivity index (χ3v) is 4.65. The molecular weight excluding hydrogens is 321 g/mol. The summed E-state index contributed by atoms with van der Waals surface area (Å²) in [4.78, 5) is -0.602. The molecule has 0 radical (unpaired) electrons. The van der Waals surface area contributed by atoms with Gasteiger partial charge in [0.25, 0.3) is 0 Å². The second kappa shape index (κ2) is 6.10. The SMILES string of the molecule is CC(NS(=O)(=O)c1cc(Cl)cc(CO)c1F)c1cn[nH]c1. The van der Waals surface area contributed by atoms with E-state index < -0.39 is 33.4 Å². The first kappa shape index (κ1) is 15.9. The molecule has 3 N–H and O–H groups in total. The summed E-state index contributed by atoms with van der Waals surface area (Å²) in [6.07, 6.45) is 2.99. The maximum atomic E-state index is 14.1. The van der Waals surface area contributed by atoms with Crippen LogP contribution in [-0.4, -0.2) is 23.7 Å². The minimum Gasteiger partial charge on any atom is -0.392 e. The molecule has 2 rings (SSSR count). The number of aromatic amines is 1. The Morgan fingerprint density at radius 1 is 1.52 bits per heavy atom. The molecule has 9 heteroatoms. The lowest BCUT2D eigenvalue weighted by atomic mass is 10.2. The van der Waals surface area contributed by atoms with Gasteiger partial charge in [-0.1, -0.05) is 11.6 Å². The standard InChI is InChI=1S/C12H13ClFN3O3S/c1-7(9-4-15-16-5-9)17-21(19,20)11-3-10(13)2-8(6-18)12(11)14/h2-5,7,17-18H,6H2,1H3,(H,15,16). The number of nitrogens with zero attached hydrogens (tertiary/aromatic N) is 1. The third kappa shape index (κ3) is 3.41. The normalized spacial score (nSPS) is 13.3. The smallest absolute Gasteiger partial charge is 0.244 e. The lowest BCUT2D eigenvalue weighted by Crippen LogP contribution is -2.27. The lowest BCUT2D eigenvalue weighted by molar-refractivity contribution is 0.274. The quantitative estimate of drug-likeness (QED) is 0.776. The Bertz CT molecular complexity index is 734. The van der Waals surface area contributed by atoms with E-state index in [1.165, 1.54) is 18.5 Å². The molecule has 0 spiro atoms. The van der Waals surface area contributed by atoms with Crippen LogP contribution in [0.4, 0.5) is 4.39 Å². The average molecular weight is 334 g/mol.